The number of rotatable bonds is 5. The van der Waals surface area contributed by atoms with Gasteiger partial charge in [0.05, 0.1) is 34.5 Å². The number of imide groups is 2. The van der Waals surface area contributed by atoms with Crippen LogP contribution >= 0.6 is 23.2 Å². The number of nitrogens with zero attached hydrogens (tertiary/aromatic N) is 2. The van der Waals surface area contributed by atoms with E-state index in [1.807, 2.05) is 67.6 Å². The number of nitrogens with one attached hydrogen (secondary N) is 1. The van der Waals surface area contributed by atoms with Crippen LogP contribution in [0, 0.1) is 30.6 Å². The second kappa shape index (κ2) is 11.6. The summed E-state index contributed by atoms with van der Waals surface area (Å²) >= 11 is 13.0. The topological polar surface area (TPSA) is 107 Å². The molecule has 246 valence electrons. The van der Waals surface area contributed by atoms with Crippen molar-refractivity contribution in [2.24, 2.45) is 23.7 Å². The first-order valence-corrected chi connectivity index (χ1v) is 17.0. The number of aromatic hydroxyl groups is 1. The zero-order valence-corrected chi connectivity index (χ0v) is 27.9. The zero-order valence-electron chi connectivity index (χ0n) is 26.3. The lowest BCUT2D eigenvalue weighted by Crippen LogP contribution is -2.53. The van der Waals surface area contributed by atoms with Crippen LogP contribution in [0.5, 0.6) is 5.75 Å². The highest BCUT2D eigenvalue weighted by atomic mass is 35.5. The van der Waals surface area contributed by atoms with Gasteiger partial charge in [0, 0.05) is 16.0 Å². The van der Waals surface area contributed by atoms with Crippen molar-refractivity contribution in [3.8, 4) is 5.75 Å². The second-order valence-electron chi connectivity index (χ2n) is 13.3. The second-order valence-corrected chi connectivity index (χ2v) is 14.1. The molecule has 6 atom stereocenters. The van der Waals surface area contributed by atoms with Crippen molar-refractivity contribution < 1.29 is 24.3 Å². The van der Waals surface area contributed by atoms with Gasteiger partial charge in [-0.15, -0.1) is 0 Å². The van der Waals surface area contributed by atoms with Gasteiger partial charge in [-0.2, -0.15) is 5.01 Å². The number of hydrazine groups is 1. The van der Waals surface area contributed by atoms with Gasteiger partial charge in [0.2, 0.25) is 11.8 Å². The van der Waals surface area contributed by atoms with Gasteiger partial charge in [-0.05, 0) is 85.3 Å². The highest BCUT2D eigenvalue weighted by Crippen LogP contribution is 2.64. The minimum atomic E-state index is -1.45. The van der Waals surface area contributed by atoms with Crippen molar-refractivity contribution in [2.75, 3.05) is 10.3 Å². The Morgan fingerprint density at radius 2 is 1.53 bits per heavy atom. The van der Waals surface area contributed by atoms with Crippen molar-refractivity contribution in [3.05, 3.63) is 135 Å². The Labute approximate surface area is 292 Å². The summed E-state index contributed by atoms with van der Waals surface area (Å²) in [6.45, 7) is 1.95. The van der Waals surface area contributed by atoms with Gasteiger partial charge >= 0.3 is 0 Å². The molecular formula is C39H31Cl2N3O5. The number of anilines is 2. The fraction of sp³-hybridized carbons (Fsp3) is 0.231. The lowest BCUT2D eigenvalue weighted by molar-refractivity contribution is -0.138. The van der Waals surface area contributed by atoms with Crippen LogP contribution in [-0.2, 0) is 24.6 Å². The molecule has 1 saturated carbocycles. The Kier molecular flexibility index (Phi) is 7.42. The molecule has 3 fully saturated rings. The van der Waals surface area contributed by atoms with E-state index in [0.717, 1.165) is 16.1 Å². The normalized spacial score (nSPS) is 27.5. The van der Waals surface area contributed by atoms with E-state index in [0.29, 0.717) is 27.5 Å². The van der Waals surface area contributed by atoms with Gasteiger partial charge in [0.1, 0.15) is 5.75 Å². The van der Waals surface area contributed by atoms with E-state index in [1.165, 1.54) is 17.0 Å². The number of phenolic OH excluding ortho intramolecular Hbond substituents is 1. The molecule has 2 N–H and O–H groups in total. The molecule has 4 aromatic rings. The molecule has 2 heterocycles. The van der Waals surface area contributed by atoms with E-state index in [2.05, 4.69) is 5.43 Å². The molecule has 49 heavy (non-hydrogen) atoms. The third-order valence-electron chi connectivity index (χ3n) is 10.8. The molecule has 0 unspecified atom stereocenters. The smallest absolute Gasteiger partial charge is 0.260 e. The third kappa shape index (κ3) is 4.65. The van der Waals surface area contributed by atoms with Crippen molar-refractivity contribution in [3.63, 3.8) is 0 Å². The van der Waals surface area contributed by atoms with Gasteiger partial charge in [0.15, 0.2) is 0 Å². The number of carbonyl (C=O) groups excluding carboxylic acids is 4. The van der Waals surface area contributed by atoms with Crippen LogP contribution in [0.2, 0.25) is 10.0 Å². The maximum Gasteiger partial charge on any atom is 0.260 e. The quantitative estimate of drug-likeness (QED) is 0.169. The molecule has 0 bridgehead atoms. The average molecular weight is 693 g/mol. The Morgan fingerprint density at radius 3 is 2.22 bits per heavy atom. The molecule has 0 aromatic heterocycles. The van der Waals surface area contributed by atoms with Gasteiger partial charge in [-0.1, -0.05) is 88.9 Å². The van der Waals surface area contributed by atoms with Gasteiger partial charge in [-0.25, -0.2) is 0 Å². The van der Waals surface area contributed by atoms with E-state index >= 15 is 4.79 Å². The molecule has 4 aliphatic rings. The van der Waals surface area contributed by atoms with Crippen molar-refractivity contribution in [2.45, 2.75) is 31.1 Å². The van der Waals surface area contributed by atoms with Crippen LogP contribution < -0.4 is 10.3 Å². The Hall–Kier alpha value is -4.92. The molecule has 2 aliphatic carbocycles. The average Bonchev–Trinajstić information content (AvgIpc) is 3.48. The molecule has 2 aliphatic heterocycles. The van der Waals surface area contributed by atoms with E-state index in [4.69, 9.17) is 23.2 Å². The van der Waals surface area contributed by atoms with Gasteiger partial charge in [-0.3, -0.25) is 29.5 Å². The first-order valence-electron chi connectivity index (χ1n) is 16.2. The predicted molar refractivity (Wildman–Crippen MR) is 186 cm³/mol. The van der Waals surface area contributed by atoms with E-state index < -0.39 is 46.8 Å². The standard InChI is InChI=1S/C39H31Cl2N3O5/c1-21-7-11-24(12-8-21)42-44-36(47)31-20-30-27(17-18-29-33(30)37(48)43(35(29)46)25-13-9-23(40)10-14-25)34(28-16-15-26(45)19-32(28)41)39(31,38(44)49)22-5-3-2-4-6-22/h2-17,19,29-31,33-34,42,45H,18,20H2,1H3/t29-,30+,31-,33-,34+,39+/m0/s1. The highest BCUT2D eigenvalue weighted by Gasteiger charge is 2.70. The first-order chi connectivity index (χ1) is 23.6. The summed E-state index contributed by atoms with van der Waals surface area (Å²) in [4.78, 5) is 59.4. The van der Waals surface area contributed by atoms with Crippen LogP contribution in [0.3, 0.4) is 0 Å². The minimum Gasteiger partial charge on any atom is -0.508 e. The fourth-order valence-electron chi connectivity index (χ4n) is 8.69. The number of aryl methyl sites for hydroxylation is 1. The number of hydrogen-bond donors (Lipinski definition) is 2. The number of halogens is 2. The molecule has 10 heteroatoms. The van der Waals surface area contributed by atoms with Crippen LogP contribution in [0.4, 0.5) is 11.4 Å². The summed E-state index contributed by atoms with van der Waals surface area (Å²) in [6, 6.07) is 27.8. The SMILES string of the molecule is Cc1ccc(NN2C(=O)[C@@H]3C[C@@H]4C(=CC[C@@H]5C(=O)N(c6ccc(Cl)cc6)C(=O)[C@@H]54)[C@H](c4ccc(O)cc4Cl)[C@]3(c3ccccc3)C2=O)cc1. The zero-order chi connectivity index (χ0) is 34.2. The molecule has 4 aromatic carbocycles. The number of carbonyl (C=O) groups is 4. The minimum absolute atomic E-state index is 0.0456. The van der Waals surface area contributed by atoms with Crippen LogP contribution in [-0.4, -0.2) is 33.7 Å². The monoisotopic (exact) mass is 691 g/mol. The third-order valence-corrected chi connectivity index (χ3v) is 11.4. The molecule has 0 spiro atoms. The Morgan fingerprint density at radius 1 is 0.816 bits per heavy atom. The summed E-state index contributed by atoms with van der Waals surface area (Å²) in [5, 5.41) is 12.2. The van der Waals surface area contributed by atoms with Crippen molar-refractivity contribution in [1.82, 2.24) is 5.01 Å². The number of phenols is 1. The first kappa shape index (κ1) is 31.4. The van der Waals surface area contributed by atoms with Gasteiger partial charge < -0.3 is 5.11 Å². The highest BCUT2D eigenvalue weighted by molar-refractivity contribution is 6.32. The van der Waals surface area contributed by atoms with E-state index in [9.17, 15) is 19.5 Å². The largest absolute Gasteiger partial charge is 0.508 e. The van der Waals surface area contributed by atoms with E-state index in [-0.39, 0.29) is 35.4 Å². The van der Waals surface area contributed by atoms with E-state index in [1.54, 1.807) is 30.3 Å². The van der Waals surface area contributed by atoms with Gasteiger partial charge in [0.25, 0.3) is 11.8 Å². The molecule has 8 nitrogen and oxygen atoms in total. The number of allylic oxidation sites excluding steroid dienone is 2. The van der Waals surface area contributed by atoms with Crippen LogP contribution in [0.1, 0.15) is 35.4 Å². The number of hydrogen-bond acceptors (Lipinski definition) is 6. The summed E-state index contributed by atoms with van der Waals surface area (Å²) < 4.78 is 0. The fourth-order valence-corrected chi connectivity index (χ4v) is 9.10. The van der Waals surface area contributed by atoms with Crippen LogP contribution in [0.25, 0.3) is 0 Å². The number of fused-ring (bicyclic) bond motifs is 4. The molecule has 8 rings (SSSR count). The summed E-state index contributed by atoms with van der Waals surface area (Å²) in [6.07, 6.45) is 2.42. The maximum absolute atomic E-state index is 15.2. The van der Waals surface area contributed by atoms with Crippen molar-refractivity contribution in [1.29, 1.82) is 0 Å². The lowest BCUT2D eigenvalue weighted by Gasteiger charge is -2.50. The Balaban J connectivity index is 1.32. The van der Waals surface area contributed by atoms with Crippen molar-refractivity contribution >= 4 is 58.2 Å². The lowest BCUT2D eigenvalue weighted by atomic mass is 9.49. The summed E-state index contributed by atoms with van der Waals surface area (Å²) in [5.41, 5.74) is 5.64. The summed E-state index contributed by atoms with van der Waals surface area (Å²) in [7, 11) is 0. The molecule has 4 amide bonds. The molecule has 0 radical (unpaired) electrons. The molecule has 2 saturated heterocycles. The summed E-state index contributed by atoms with van der Waals surface area (Å²) in [5.74, 6) is -5.20. The molecular weight excluding hydrogens is 661 g/mol. The Bertz CT molecular complexity index is 2070. The predicted octanol–water partition coefficient (Wildman–Crippen LogP) is 7.20. The number of amides is 4. The maximum atomic E-state index is 15.2. The van der Waals surface area contributed by atoms with Crippen LogP contribution in [0.15, 0.2) is 109 Å². The number of benzene rings is 4.